The Labute approximate surface area is 172 Å². The van der Waals surface area contributed by atoms with Crippen LogP contribution in [0.15, 0.2) is 36.7 Å². The summed E-state index contributed by atoms with van der Waals surface area (Å²) < 4.78 is 11.0. The average Bonchev–Trinajstić information content (AvgIpc) is 2.77. The zero-order valence-electron chi connectivity index (χ0n) is 17.0. The number of para-hydroxylation sites is 1. The van der Waals surface area contributed by atoms with E-state index in [2.05, 4.69) is 33.5 Å². The number of methoxy groups -OCH3 is 1. The molecule has 1 aromatic rings. The quantitative estimate of drug-likeness (QED) is 0.792. The van der Waals surface area contributed by atoms with Crippen LogP contribution in [0, 0.1) is 17.8 Å². The lowest BCUT2D eigenvalue weighted by atomic mass is 9.96. The van der Waals surface area contributed by atoms with Gasteiger partial charge in [-0.2, -0.15) is 0 Å². The Morgan fingerprint density at radius 1 is 1.21 bits per heavy atom. The van der Waals surface area contributed by atoms with E-state index in [9.17, 15) is 4.79 Å². The summed E-state index contributed by atoms with van der Waals surface area (Å²) in [6, 6.07) is 7.95. The average molecular weight is 396 g/mol. The number of hydrogen-bond acceptors (Lipinski definition) is 5. The minimum Gasteiger partial charge on any atom is -0.495 e. The van der Waals surface area contributed by atoms with Gasteiger partial charge >= 0.3 is 0 Å². The van der Waals surface area contributed by atoms with Crippen molar-refractivity contribution in [3.05, 3.63) is 42.2 Å². The van der Waals surface area contributed by atoms with Gasteiger partial charge in [0.15, 0.2) is 0 Å². The molecule has 0 radical (unpaired) electrons. The molecule has 1 N–H and O–H groups in total. The van der Waals surface area contributed by atoms with Crippen molar-refractivity contribution in [2.45, 2.75) is 31.4 Å². The molecular weight excluding hydrogens is 366 g/mol. The van der Waals surface area contributed by atoms with E-state index in [-0.39, 0.29) is 24.7 Å². The molecule has 2 atom stereocenters. The number of hydrogen-bond donors (Lipinski definition) is 1. The highest BCUT2D eigenvalue weighted by atomic mass is 16.5. The lowest BCUT2D eigenvalue weighted by molar-refractivity contribution is -0.140. The molecule has 1 amide bonds. The fourth-order valence-corrected chi connectivity index (χ4v) is 4.34. The Bertz CT molecular complexity index is 820. The van der Waals surface area contributed by atoms with Crippen molar-refractivity contribution in [1.29, 1.82) is 0 Å². The summed E-state index contributed by atoms with van der Waals surface area (Å²) in [6.07, 6.45) is 3.11. The van der Waals surface area contributed by atoms with E-state index in [1.54, 1.807) is 7.11 Å². The number of fused-ring (bicyclic) bond motifs is 1. The molecule has 3 aliphatic heterocycles. The van der Waals surface area contributed by atoms with Gasteiger partial charge in [0.25, 0.3) is 0 Å². The van der Waals surface area contributed by atoms with Gasteiger partial charge in [0.05, 0.1) is 30.6 Å². The number of nitrogens with zero attached hydrogens (tertiary/aromatic N) is 2. The maximum Gasteiger partial charge on any atom is 0.246 e. The van der Waals surface area contributed by atoms with E-state index in [1.807, 2.05) is 24.3 Å². The van der Waals surface area contributed by atoms with Crippen LogP contribution in [0.25, 0.3) is 0 Å². The number of carbonyl (C=O) groups excluding carboxylic acids is 1. The van der Waals surface area contributed by atoms with Crippen molar-refractivity contribution in [2.75, 3.05) is 39.9 Å². The molecular formula is C23H29N3O3. The summed E-state index contributed by atoms with van der Waals surface area (Å²) in [7, 11) is 1.68. The molecule has 4 rings (SSSR count). The second kappa shape index (κ2) is 8.79. The Hall–Kier alpha value is -2.65. The van der Waals surface area contributed by atoms with Crippen LogP contribution >= 0.6 is 0 Å². The zero-order chi connectivity index (χ0) is 20.2. The van der Waals surface area contributed by atoms with Crippen molar-refractivity contribution in [3.63, 3.8) is 0 Å². The van der Waals surface area contributed by atoms with Crippen LogP contribution in [0.2, 0.25) is 0 Å². The van der Waals surface area contributed by atoms with Crippen molar-refractivity contribution in [3.8, 4) is 17.6 Å². The van der Waals surface area contributed by atoms with Crippen LogP contribution in [-0.4, -0.2) is 67.7 Å². The number of likely N-dealkylation sites (tertiary alicyclic amines) is 2. The lowest BCUT2D eigenvalue weighted by Crippen LogP contribution is -2.60. The molecule has 3 heterocycles. The predicted molar refractivity (Wildman–Crippen MR) is 111 cm³/mol. The first-order chi connectivity index (χ1) is 14.1. The standard InChI is InChI=1S/C23H29N3O3/c1-17(26-14-11-22-20(15-26)24-23(27)16-29-22)25-12-9-18(10-13-25)7-8-19-5-3-4-6-21(19)28-2/h3-6,18,20,22H,1,9-16H2,2H3,(H,24,27)/t20-,22+/m1/s1. The Morgan fingerprint density at radius 2 is 1.97 bits per heavy atom. The van der Waals surface area contributed by atoms with Crippen molar-refractivity contribution in [2.24, 2.45) is 5.92 Å². The van der Waals surface area contributed by atoms with Gasteiger partial charge in [-0.1, -0.05) is 30.6 Å². The normalized spacial score (nSPS) is 24.8. The zero-order valence-corrected chi connectivity index (χ0v) is 17.0. The number of amides is 1. The van der Waals surface area contributed by atoms with Gasteiger partial charge < -0.3 is 24.6 Å². The van der Waals surface area contributed by atoms with Gasteiger partial charge in [0.1, 0.15) is 12.4 Å². The fourth-order valence-electron chi connectivity index (χ4n) is 4.34. The van der Waals surface area contributed by atoms with Crippen LogP contribution in [-0.2, 0) is 9.53 Å². The summed E-state index contributed by atoms with van der Waals surface area (Å²) >= 11 is 0. The molecule has 0 saturated carbocycles. The van der Waals surface area contributed by atoms with E-state index < -0.39 is 0 Å². The van der Waals surface area contributed by atoms with Gasteiger partial charge in [0.2, 0.25) is 5.91 Å². The number of piperidine rings is 2. The minimum absolute atomic E-state index is 0.0202. The van der Waals surface area contributed by atoms with E-state index in [0.29, 0.717) is 5.92 Å². The van der Waals surface area contributed by atoms with Crippen molar-refractivity contribution < 1.29 is 14.3 Å². The van der Waals surface area contributed by atoms with Crippen molar-refractivity contribution in [1.82, 2.24) is 15.1 Å². The number of rotatable bonds is 3. The molecule has 3 aliphatic rings. The molecule has 0 unspecified atom stereocenters. The highest BCUT2D eigenvalue weighted by molar-refractivity contribution is 5.78. The summed E-state index contributed by atoms with van der Waals surface area (Å²) in [5.41, 5.74) is 0.946. The Kier molecular flexibility index (Phi) is 5.96. The second-order valence-electron chi connectivity index (χ2n) is 7.91. The smallest absolute Gasteiger partial charge is 0.246 e. The molecule has 3 saturated heterocycles. The first-order valence-electron chi connectivity index (χ1n) is 10.4. The van der Waals surface area contributed by atoms with Crippen LogP contribution in [0.5, 0.6) is 5.75 Å². The third-order valence-corrected chi connectivity index (χ3v) is 6.07. The van der Waals surface area contributed by atoms with Crippen LogP contribution in [0.3, 0.4) is 0 Å². The van der Waals surface area contributed by atoms with Gasteiger partial charge in [-0.05, 0) is 31.4 Å². The third kappa shape index (κ3) is 4.51. The summed E-state index contributed by atoms with van der Waals surface area (Å²) in [6.45, 7) is 8.13. The third-order valence-electron chi connectivity index (χ3n) is 6.07. The van der Waals surface area contributed by atoms with Gasteiger partial charge in [0, 0.05) is 32.1 Å². The molecule has 154 valence electrons. The molecule has 0 aliphatic carbocycles. The summed E-state index contributed by atoms with van der Waals surface area (Å²) in [5.74, 6) is 8.98. The molecule has 6 nitrogen and oxygen atoms in total. The summed E-state index contributed by atoms with van der Waals surface area (Å²) in [5, 5.41) is 3.06. The molecule has 0 aromatic heterocycles. The van der Waals surface area contributed by atoms with Gasteiger partial charge in [-0.3, -0.25) is 4.79 Å². The largest absolute Gasteiger partial charge is 0.495 e. The van der Waals surface area contributed by atoms with Gasteiger partial charge in [-0.25, -0.2) is 0 Å². The molecule has 29 heavy (non-hydrogen) atoms. The van der Waals surface area contributed by atoms with Crippen molar-refractivity contribution >= 4 is 5.91 Å². The SMILES string of the molecule is C=C(N1CCC(C#Cc2ccccc2OC)CC1)N1CC[C@@H]2OCC(=O)N[C@@H]2C1. The maximum atomic E-state index is 11.6. The summed E-state index contributed by atoms with van der Waals surface area (Å²) in [4.78, 5) is 16.3. The fraction of sp³-hybridized carbons (Fsp3) is 0.522. The molecule has 1 aromatic carbocycles. The predicted octanol–water partition coefficient (Wildman–Crippen LogP) is 1.82. The van der Waals surface area contributed by atoms with Gasteiger partial charge in [-0.15, -0.1) is 0 Å². The maximum absolute atomic E-state index is 11.6. The topological polar surface area (TPSA) is 54.0 Å². The highest BCUT2D eigenvalue weighted by Gasteiger charge is 2.36. The molecule has 0 spiro atoms. The lowest BCUT2D eigenvalue weighted by Gasteiger charge is -2.45. The monoisotopic (exact) mass is 395 g/mol. The molecule has 0 bridgehead atoms. The van der Waals surface area contributed by atoms with Crippen LogP contribution in [0.4, 0.5) is 0 Å². The Balaban J connectivity index is 1.30. The number of carbonyl (C=O) groups is 1. The second-order valence-corrected chi connectivity index (χ2v) is 7.91. The van der Waals surface area contributed by atoms with Crippen LogP contribution in [0.1, 0.15) is 24.8 Å². The van der Waals surface area contributed by atoms with E-state index in [1.165, 1.54) is 0 Å². The number of nitrogens with one attached hydrogen (secondary N) is 1. The minimum atomic E-state index is -0.0202. The molecule has 6 heteroatoms. The van der Waals surface area contributed by atoms with Crippen LogP contribution < -0.4 is 10.1 Å². The number of ether oxygens (including phenoxy) is 2. The highest BCUT2D eigenvalue weighted by Crippen LogP contribution is 2.25. The van der Waals surface area contributed by atoms with E-state index >= 15 is 0 Å². The number of benzene rings is 1. The molecule has 3 fully saturated rings. The first kappa shape index (κ1) is 19.7. The Morgan fingerprint density at radius 3 is 2.76 bits per heavy atom. The first-order valence-corrected chi connectivity index (χ1v) is 10.4. The van der Waals surface area contributed by atoms with E-state index in [0.717, 1.165) is 62.6 Å². The van der Waals surface area contributed by atoms with E-state index in [4.69, 9.17) is 9.47 Å². The number of morpholine rings is 1.